The lowest BCUT2D eigenvalue weighted by atomic mass is 9.83. The first-order chi connectivity index (χ1) is 9.89. The van der Waals surface area contributed by atoms with Gasteiger partial charge in [0, 0.05) is 17.6 Å². The van der Waals surface area contributed by atoms with Crippen molar-refractivity contribution in [2.24, 2.45) is 5.41 Å². The van der Waals surface area contributed by atoms with E-state index in [0.717, 1.165) is 10.9 Å². The van der Waals surface area contributed by atoms with Gasteiger partial charge in [0.2, 0.25) is 0 Å². The average Bonchev–Trinajstić information content (AvgIpc) is 2.84. The van der Waals surface area contributed by atoms with Crippen molar-refractivity contribution in [1.82, 2.24) is 4.90 Å². The van der Waals surface area contributed by atoms with E-state index in [0.29, 0.717) is 30.0 Å². The van der Waals surface area contributed by atoms with Gasteiger partial charge in [0.1, 0.15) is 0 Å². The van der Waals surface area contributed by atoms with Gasteiger partial charge >= 0.3 is 5.97 Å². The number of hydrogen-bond acceptors (Lipinski definition) is 2. The van der Waals surface area contributed by atoms with Crippen LogP contribution in [0.4, 0.5) is 0 Å². The Balaban J connectivity index is 2.20. The number of carboxylic acid groups (broad SMARTS) is 1. The summed E-state index contributed by atoms with van der Waals surface area (Å²) in [6, 6.07) is 5.09. The smallest absolute Gasteiger partial charge is 0.311 e. The van der Waals surface area contributed by atoms with Crippen LogP contribution < -0.4 is 0 Å². The van der Waals surface area contributed by atoms with Crippen LogP contribution in [-0.2, 0) is 4.79 Å². The Bertz CT molecular complexity index is 578. The first-order valence-electron chi connectivity index (χ1n) is 6.87. The number of likely N-dealkylation sites (tertiary alicyclic amines) is 1. The van der Waals surface area contributed by atoms with Gasteiger partial charge in [-0.05, 0) is 31.0 Å². The SMILES string of the molecule is CCCC1(C(=O)O)CCN(C(=O)c2ccc(Br)cc2Cl)C1. The highest BCUT2D eigenvalue weighted by molar-refractivity contribution is 9.10. The topological polar surface area (TPSA) is 57.6 Å². The second-order valence-corrected chi connectivity index (χ2v) is 6.76. The Kier molecular flexibility index (Phi) is 4.94. The number of nitrogens with zero attached hydrogens (tertiary/aromatic N) is 1. The first-order valence-corrected chi connectivity index (χ1v) is 8.04. The van der Waals surface area contributed by atoms with Crippen LogP contribution in [0.1, 0.15) is 36.5 Å². The summed E-state index contributed by atoms with van der Waals surface area (Å²) in [4.78, 5) is 25.7. The molecule has 1 saturated heterocycles. The normalized spacial score (nSPS) is 21.6. The van der Waals surface area contributed by atoms with Crippen LogP contribution in [0.2, 0.25) is 5.02 Å². The summed E-state index contributed by atoms with van der Waals surface area (Å²) in [5, 5.41) is 9.86. The lowest BCUT2D eigenvalue weighted by molar-refractivity contribution is -0.148. The predicted octanol–water partition coefficient (Wildman–Crippen LogP) is 3.82. The van der Waals surface area contributed by atoms with Crippen molar-refractivity contribution in [1.29, 1.82) is 0 Å². The fourth-order valence-corrected chi connectivity index (χ4v) is 3.60. The molecule has 21 heavy (non-hydrogen) atoms. The molecule has 1 unspecified atom stereocenters. The summed E-state index contributed by atoms with van der Waals surface area (Å²) >= 11 is 9.40. The average molecular weight is 375 g/mol. The van der Waals surface area contributed by atoms with Gasteiger partial charge in [-0.3, -0.25) is 9.59 Å². The molecule has 1 aromatic carbocycles. The van der Waals surface area contributed by atoms with Crippen molar-refractivity contribution in [2.45, 2.75) is 26.2 Å². The molecule has 1 amide bonds. The molecule has 0 aliphatic carbocycles. The third-order valence-electron chi connectivity index (χ3n) is 3.98. The summed E-state index contributed by atoms with van der Waals surface area (Å²) < 4.78 is 0.802. The zero-order valence-electron chi connectivity index (χ0n) is 11.7. The van der Waals surface area contributed by atoms with Gasteiger partial charge in [-0.2, -0.15) is 0 Å². The van der Waals surface area contributed by atoms with Gasteiger partial charge in [-0.25, -0.2) is 0 Å². The number of carboxylic acids is 1. The maximum absolute atomic E-state index is 12.5. The van der Waals surface area contributed by atoms with Crippen LogP contribution in [0.3, 0.4) is 0 Å². The van der Waals surface area contributed by atoms with Gasteiger partial charge in [0.15, 0.2) is 0 Å². The van der Waals surface area contributed by atoms with Gasteiger partial charge in [0.05, 0.1) is 16.0 Å². The molecular formula is C15H17BrClNO3. The summed E-state index contributed by atoms with van der Waals surface area (Å²) in [5.41, 5.74) is -0.399. The van der Waals surface area contributed by atoms with E-state index in [2.05, 4.69) is 15.9 Å². The molecule has 114 valence electrons. The summed E-state index contributed by atoms with van der Waals surface area (Å²) in [7, 11) is 0. The fourth-order valence-electron chi connectivity index (χ4n) is 2.84. The Hall–Kier alpha value is -1.07. The molecule has 1 atom stereocenters. The minimum Gasteiger partial charge on any atom is -0.481 e. The van der Waals surface area contributed by atoms with Crippen LogP contribution in [0.15, 0.2) is 22.7 Å². The maximum atomic E-state index is 12.5. The second-order valence-electron chi connectivity index (χ2n) is 5.44. The van der Waals surface area contributed by atoms with Crippen molar-refractivity contribution >= 4 is 39.4 Å². The van der Waals surface area contributed by atoms with E-state index in [4.69, 9.17) is 11.6 Å². The number of hydrogen-bond donors (Lipinski definition) is 1. The molecule has 6 heteroatoms. The van der Waals surface area contributed by atoms with Crippen LogP contribution in [0.25, 0.3) is 0 Å². The highest BCUT2D eigenvalue weighted by Gasteiger charge is 2.45. The van der Waals surface area contributed by atoms with Gasteiger partial charge < -0.3 is 10.0 Å². The van der Waals surface area contributed by atoms with E-state index >= 15 is 0 Å². The molecule has 4 nitrogen and oxygen atoms in total. The van der Waals surface area contributed by atoms with Crippen molar-refractivity contribution in [3.05, 3.63) is 33.3 Å². The third-order valence-corrected chi connectivity index (χ3v) is 4.79. The van der Waals surface area contributed by atoms with Crippen LogP contribution in [-0.4, -0.2) is 35.0 Å². The number of benzene rings is 1. The minimum atomic E-state index is -0.818. The van der Waals surface area contributed by atoms with Crippen molar-refractivity contribution in [3.63, 3.8) is 0 Å². The van der Waals surface area contributed by atoms with E-state index in [9.17, 15) is 14.7 Å². The molecule has 1 aliphatic rings. The van der Waals surface area contributed by atoms with E-state index in [1.165, 1.54) is 0 Å². The van der Waals surface area contributed by atoms with E-state index in [1.54, 1.807) is 23.1 Å². The zero-order valence-corrected chi connectivity index (χ0v) is 14.1. The molecule has 1 aromatic rings. The van der Waals surface area contributed by atoms with Gasteiger partial charge in [-0.15, -0.1) is 0 Å². The highest BCUT2D eigenvalue weighted by Crippen LogP contribution is 2.36. The molecule has 0 spiro atoms. The van der Waals surface area contributed by atoms with Crippen molar-refractivity contribution in [2.75, 3.05) is 13.1 Å². The number of amides is 1. The lowest BCUT2D eigenvalue weighted by Crippen LogP contribution is -2.37. The number of carbonyl (C=O) groups excluding carboxylic acids is 1. The Labute approximate surface area is 137 Å². The molecule has 0 saturated carbocycles. The van der Waals surface area contributed by atoms with E-state index in [1.807, 2.05) is 6.92 Å². The summed E-state index contributed by atoms with van der Waals surface area (Å²) in [6.07, 6.45) is 1.86. The highest BCUT2D eigenvalue weighted by atomic mass is 79.9. The van der Waals surface area contributed by atoms with Crippen molar-refractivity contribution in [3.8, 4) is 0 Å². The van der Waals surface area contributed by atoms with E-state index < -0.39 is 11.4 Å². The second kappa shape index (κ2) is 6.36. The van der Waals surface area contributed by atoms with Gasteiger partial charge in [0.25, 0.3) is 5.91 Å². The molecule has 1 fully saturated rings. The molecule has 1 heterocycles. The zero-order chi connectivity index (χ0) is 15.6. The summed E-state index contributed by atoms with van der Waals surface area (Å²) in [5.74, 6) is -1.02. The molecule has 1 aliphatic heterocycles. The van der Waals surface area contributed by atoms with Crippen LogP contribution >= 0.6 is 27.5 Å². The van der Waals surface area contributed by atoms with Gasteiger partial charge in [-0.1, -0.05) is 40.9 Å². The minimum absolute atomic E-state index is 0.202. The predicted molar refractivity (Wildman–Crippen MR) is 84.6 cm³/mol. The van der Waals surface area contributed by atoms with Crippen LogP contribution in [0.5, 0.6) is 0 Å². The number of carbonyl (C=O) groups is 2. The van der Waals surface area contributed by atoms with Crippen LogP contribution in [0, 0.1) is 5.41 Å². The van der Waals surface area contributed by atoms with Crippen molar-refractivity contribution < 1.29 is 14.7 Å². The Morgan fingerprint density at radius 1 is 1.48 bits per heavy atom. The molecule has 0 radical (unpaired) electrons. The quantitative estimate of drug-likeness (QED) is 0.871. The number of aliphatic carboxylic acids is 1. The molecular weight excluding hydrogens is 358 g/mol. The third kappa shape index (κ3) is 3.24. The largest absolute Gasteiger partial charge is 0.481 e. The lowest BCUT2D eigenvalue weighted by Gasteiger charge is -2.24. The van der Waals surface area contributed by atoms with E-state index in [-0.39, 0.29) is 12.5 Å². The standard InChI is InChI=1S/C15H17BrClNO3/c1-2-5-15(14(20)21)6-7-18(9-15)13(19)11-4-3-10(16)8-12(11)17/h3-4,8H,2,5-7,9H2,1H3,(H,20,21). The summed E-state index contributed by atoms with van der Waals surface area (Å²) in [6.45, 7) is 2.67. The Morgan fingerprint density at radius 3 is 2.76 bits per heavy atom. The fraction of sp³-hybridized carbons (Fsp3) is 0.467. The molecule has 1 N–H and O–H groups in total. The molecule has 0 bridgehead atoms. The molecule has 2 rings (SSSR count). The monoisotopic (exact) mass is 373 g/mol. The first kappa shape index (κ1) is 16.3. The molecule has 0 aromatic heterocycles. The number of rotatable bonds is 4. The Morgan fingerprint density at radius 2 is 2.19 bits per heavy atom. The maximum Gasteiger partial charge on any atom is 0.311 e. The number of halogens is 2.